The third-order valence-electron chi connectivity index (χ3n) is 3.36. The molecule has 0 radical (unpaired) electrons. The van der Waals surface area contributed by atoms with Crippen LogP contribution in [0.4, 0.5) is 0 Å². The van der Waals surface area contributed by atoms with Crippen LogP contribution in [0.2, 0.25) is 0 Å². The zero-order valence-corrected chi connectivity index (χ0v) is 12.5. The van der Waals surface area contributed by atoms with E-state index in [-0.39, 0.29) is 0 Å². The number of aromatic nitrogens is 4. The lowest BCUT2D eigenvalue weighted by Gasteiger charge is -2.07. The fourth-order valence-corrected chi connectivity index (χ4v) is 2.32. The summed E-state index contributed by atoms with van der Waals surface area (Å²) < 4.78 is 9.26. The first-order valence-corrected chi connectivity index (χ1v) is 6.95. The number of nitrogens with zero attached hydrogens (tertiary/aromatic N) is 4. The highest BCUT2D eigenvalue weighted by molar-refractivity contribution is 5.30. The van der Waals surface area contributed by atoms with Gasteiger partial charge in [0.25, 0.3) is 0 Å². The van der Waals surface area contributed by atoms with Crippen molar-refractivity contribution in [2.75, 3.05) is 13.7 Å². The van der Waals surface area contributed by atoms with Gasteiger partial charge in [0.1, 0.15) is 0 Å². The van der Waals surface area contributed by atoms with Crippen LogP contribution in [0.15, 0.2) is 18.7 Å². The van der Waals surface area contributed by atoms with Crippen molar-refractivity contribution in [2.45, 2.75) is 32.9 Å². The van der Waals surface area contributed by atoms with E-state index in [9.17, 15) is 0 Å². The van der Waals surface area contributed by atoms with Crippen LogP contribution in [0.25, 0.3) is 0 Å². The maximum absolute atomic E-state index is 5.37. The second kappa shape index (κ2) is 7.09. The van der Waals surface area contributed by atoms with E-state index in [1.165, 1.54) is 0 Å². The third kappa shape index (κ3) is 3.60. The topological polar surface area (TPSA) is 56.9 Å². The van der Waals surface area contributed by atoms with E-state index in [0.29, 0.717) is 0 Å². The van der Waals surface area contributed by atoms with Crippen molar-refractivity contribution in [3.8, 4) is 5.88 Å². The number of hydrogen-bond acceptors (Lipinski definition) is 4. The van der Waals surface area contributed by atoms with E-state index >= 15 is 0 Å². The average Bonchev–Trinajstić information content (AvgIpc) is 3.02. The number of hydrogen-bond donors (Lipinski definition) is 1. The number of unbranched alkanes of at least 4 members (excludes halogenated alkanes) is 1. The molecule has 0 spiro atoms. The van der Waals surface area contributed by atoms with Crippen molar-refractivity contribution < 1.29 is 4.74 Å². The predicted octanol–water partition coefficient (Wildman–Crippen LogP) is 1.50. The minimum atomic E-state index is 0.800. The van der Waals surface area contributed by atoms with Crippen LogP contribution in [-0.2, 0) is 20.1 Å². The van der Waals surface area contributed by atoms with Crippen molar-refractivity contribution in [1.82, 2.24) is 24.6 Å². The van der Waals surface area contributed by atoms with Gasteiger partial charge in [-0.2, -0.15) is 5.10 Å². The Kier molecular flexibility index (Phi) is 5.17. The van der Waals surface area contributed by atoms with E-state index in [4.69, 9.17) is 4.74 Å². The average molecular weight is 277 g/mol. The molecular formula is C14H23N5O. The Bertz CT molecular complexity index is 518. The molecule has 0 bridgehead atoms. The van der Waals surface area contributed by atoms with Crippen LogP contribution in [0, 0.1) is 6.92 Å². The van der Waals surface area contributed by atoms with Crippen LogP contribution in [0.5, 0.6) is 5.88 Å². The summed E-state index contributed by atoms with van der Waals surface area (Å²) in [5.41, 5.74) is 2.17. The molecule has 2 aromatic heterocycles. The second-order valence-electron chi connectivity index (χ2n) is 4.88. The first-order valence-electron chi connectivity index (χ1n) is 6.95. The lowest BCUT2D eigenvalue weighted by Crippen LogP contribution is -2.16. The van der Waals surface area contributed by atoms with Crippen molar-refractivity contribution in [2.24, 2.45) is 7.05 Å². The molecule has 20 heavy (non-hydrogen) atoms. The maximum Gasteiger partial charge on any atom is 0.216 e. The van der Waals surface area contributed by atoms with Crippen molar-refractivity contribution >= 4 is 0 Å². The smallest absolute Gasteiger partial charge is 0.216 e. The van der Waals surface area contributed by atoms with Gasteiger partial charge >= 0.3 is 0 Å². The zero-order chi connectivity index (χ0) is 14.4. The summed E-state index contributed by atoms with van der Waals surface area (Å²) in [4.78, 5) is 4.03. The van der Waals surface area contributed by atoms with Crippen molar-refractivity contribution in [3.05, 3.63) is 30.0 Å². The third-order valence-corrected chi connectivity index (χ3v) is 3.36. The van der Waals surface area contributed by atoms with Gasteiger partial charge < -0.3 is 14.6 Å². The zero-order valence-electron chi connectivity index (χ0n) is 12.5. The molecule has 0 saturated carbocycles. The Labute approximate surface area is 119 Å². The number of methoxy groups -OCH3 is 1. The summed E-state index contributed by atoms with van der Waals surface area (Å²) in [6, 6.07) is 0. The largest absolute Gasteiger partial charge is 0.481 e. The van der Waals surface area contributed by atoms with Crippen LogP contribution < -0.4 is 10.1 Å². The molecular weight excluding hydrogens is 254 g/mol. The van der Waals surface area contributed by atoms with Crippen LogP contribution in [0.3, 0.4) is 0 Å². The maximum atomic E-state index is 5.37. The Morgan fingerprint density at radius 3 is 2.90 bits per heavy atom. The van der Waals surface area contributed by atoms with Gasteiger partial charge in [-0.15, -0.1) is 0 Å². The van der Waals surface area contributed by atoms with E-state index < -0.39 is 0 Å². The van der Waals surface area contributed by atoms with Crippen LogP contribution in [0.1, 0.15) is 24.1 Å². The van der Waals surface area contributed by atoms with E-state index in [0.717, 1.165) is 49.6 Å². The molecule has 6 nitrogen and oxygen atoms in total. The quantitative estimate of drug-likeness (QED) is 0.743. The van der Waals surface area contributed by atoms with Gasteiger partial charge in [0.15, 0.2) is 0 Å². The Balaban J connectivity index is 1.68. The highest BCUT2D eigenvalue weighted by Gasteiger charge is 2.12. The number of nitrogens with one attached hydrogen (secondary N) is 1. The normalized spacial score (nSPS) is 10.9. The number of aryl methyl sites for hydroxylation is 3. The summed E-state index contributed by atoms with van der Waals surface area (Å²) in [6.07, 6.45) is 7.95. The molecule has 0 aliphatic rings. The Morgan fingerprint density at radius 1 is 1.35 bits per heavy atom. The van der Waals surface area contributed by atoms with Crippen molar-refractivity contribution in [1.29, 1.82) is 0 Å². The molecule has 0 aliphatic heterocycles. The van der Waals surface area contributed by atoms with Gasteiger partial charge in [-0.1, -0.05) is 0 Å². The number of rotatable bonds is 8. The van der Waals surface area contributed by atoms with Crippen LogP contribution in [-0.4, -0.2) is 33.0 Å². The summed E-state index contributed by atoms with van der Waals surface area (Å²) in [7, 11) is 3.59. The molecule has 0 amide bonds. The Morgan fingerprint density at radius 2 is 2.20 bits per heavy atom. The van der Waals surface area contributed by atoms with Crippen LogP contribution >= 0.6 is 0 Å². The monoisotopic (exact) mass is 277 g/mol. The first-order chi connectivity index (χ1) is 9.72. The van der Waals surface area contributed by atoms with Gasteiger partial charge in [-0.05, 0) is 26.3 Å². The second-order valence-corrected chi connectivity index (χ2v) is 4.88. The van der Waals surface area contributed by atoms with Crippen molar-refractivity contribution in [3.63, 3.8) is 0 Å². The van der Waals surface area contributed by atoms with Gasteiger partial charge in [0.05, 0.1) is 24.7 Å². The highest BCUT2D eigenvalue weighted by Crippen LogP contribution is 2.20. The molecule has 2 rings (SSSR count). The fraction of sp³-hybridized carbons (Fsp3) is 0.571. The lowest BCUT2D eigenvalue weighted by atomic mass is 10.2. The minimum absolute atomic E-state index is 0.800. The van der Waals surface area contributed by atoms with E-state index in [2.05, 4.69) is 20.0 Å². The van der Waals surface area contributed by atoms with E-state index in [1.807, 2.05) is 32.7 Å². The molecule has 6 heteroatoms. The summed E-state index contributed by atoms with van der Waals surface area (Å²) >= 11 is 0. The van der Waals surface area contributed by atoms with Gasteiger partial charge in [-0.25, -0.2) is 9.67 Å². The molecule has 2 aromatic rings. The fourth-order valence-electron chi connectivity index (χ4n) is 2.32. The molecule has 110 valence electrons. The molecule has 0 saturated heterocycles. The summed E-state index contributed by atoms with van der Waals surface area (Å²) in [5, 5.41) is 7.82. The van der Waals surface area contributed by atoms with Gasteiger partial charge in [0.2, 0.25) is 5.88 Å². The predicted molar refractivity (Wildman–Crippen MR) is 77.7 cm³/mol. The molecule has 0 aliphatic carbocycles. The Hall–Kier alpha value is -1.82. The molecule has 0 fully saturated rings. The molecule has 0 atom stereocenters. The molecule has 0 aromatic carbocycles. The summed E-state index contributed by atoms with van der Waals surface area (Å²) in [6.45, 7) is 4.83. The van der Waals surface area contributed by atoms with Gasteiger partial charge in [-0.3, -0.25) is 0 Å². The number of imidazole rings is 1. The first kappa shape index (κ1) is 14.6. The SMILES string of the molecule is COc1c(CNCCCCn2ccnc2)c(C)nn1C. The highest BCUT2D eigenvalue weighted by atomic mass is 16.5. The van der Waals surface area contributed by atoms with E-state index in [1.54, 1.807) is 11.8 Å². The molecule has 2 heterocycles. The molecule has 0 unspecified atom stereocenters. The van der Waals surface area contributed by atoms with Gasteiger partial charge in [0, 0.05) is 32.5 Å². The number of ether oxygens (including phenoxy) is 1. The standard InChI is InChI=1S/C14H23N5O/c1-12-13(14(20-3)18(2)17-12)10-15-6-4-5-8-19-9-7-16-11-19/h7,9,11,15H,4-6,8,10H2,1-3H3. The lowest BCUT2D eigenvalue weighted by molar-refractivity contribution is 0.368. The molecule has 1 N–H and O–H groups in total. The minimum Gasteiger partial charge on any atom is -0.481 e. The summed E-state index contributed by atoms with van der Waals surface area (Å²) in [5.74, 6) is 0.841.